The van der Waals surface area contributed by atoms with Gasteiger partial charge in [-0.2, -0.15) is 5.01 Å². The quantitative estimate of drug-likeness (QED) is 0.220. The van der Waals surface area contributed by atoms with E-state index in [2.05, 4.69) is 5.43 Å². The first-order valence-electron chi connectivity index (χ1n) is 16.1. The van der Waals surface area contributed by atoms with Gasteiger partial charge in [0.2, 0.25) is 11.8 Å². The number of hydrogen-bond acceptors (Lipinski definition) is 7. The Morgan fingerprint density at radius 3 is 2.38 bits per heavy atom. The Labute approximate surface area is 282 Å². The molecule has 11 heteroatoms. The number of benzene rings is 3. The summed E-state index contributed by atoms with van der Waals surface area (Å²) in [6.07, 6.45) is 2.26. The topological polar surface area (TPSA) is 144 Å². The number of carbonyl (C=O) groups is 5. The predicted molar refractivity (Wildman–Crippen MR) is 175 cm³/mol. The van der Waals surface area contributed by atoms with Gasteiger partial charge in [0.1, 0.15) is 5.75 Å². The molecule has 0 unspecified atom stereocenters. The molecule has 2 saturated heterocycles. The fourth-order valence-corrected chi connectivity index (χ4v) is 8.80. The highest BCUT2D eigenvalue weighted by Gasteiger charge is 2.70. The molecule has 246 valence electrons. The third kappa shape index (κ3) is 4.80. The number of amides is 4. The van der Waals surface area contributed by atoms with E-state index in [1.807, 2.05) is 55.5 Å². The number of aromatic hydroxyl groups is 1. The molecule has 0 bridgehead atoms. The molecule has 7 rings (SSSR count). The Balaban J connectivity index is 1.40. The van der Waals surface area contributed by atoms with Crippen LogP contribution in [-0.4, -0.2) is 56.3 Å². The number of rotatable bonds is 8. The van der Waals surface area contributed by atoms with Gasteiger partial charge in [0.15, 0.2) is 0 Å². The number of hydrazine groups is 1. The number of nitrogens with zero attached hydrogens (tertiary/aromatic N) is 2. The molecular weight excluding hydrogens is 634 g/mol. The van der Waals surface area contributed by atoms with Crippen molar-refractivity contribution in [3.8, 4) is 5.75 Å². The van der Waals surface area contributed by atoms with Crippen molar-refractivity contribution in [1.82, 2.24) is 9.91 Å². The first-order chi connectivity index (χ1) is 23.0. The summed E-state index contributed by atoms with van der Waals surface area (Å²) in [7, 11) is 0. The van der Waals surface area contributed by atoms with Crippen LogP contribution in [0.15, 0.2) is 84.4 Å². The van der Waals surface area contributed by atoms with Gasteiger partial charge in [-0.05, 0) is 67.5 Å². The van der Waals surface area contributed by atoms with Crippen molar-refractivity contribution in [2.75, 3.05) is 12.0 Å². The molecular formula is C37H34ClN3O7. The number of carbonyl (C=O) groups excluding carboxylic acids is 4. The lowest BCUT2D eigenvalue weighted by atomic mass is 9.49. The zero-order chi connectivity index (χ0) is 33.9. The number of fused-ring (bicyclic) bond motifs is 4. The summed E-state index contributed by atoms with van der Waals surface area (Å²) in [5, 5.41) is 20.7. The lowest BCUT2D eigenvalue weighted by Gasteiger charge is -2.50. The van der Waals surface area contributed by atoms with E-state index >= 15 is 4.79 Å². The first-order valence-corrected chi connectivity index (χ1v) is 16.4. The van der Waals surface area contributed by atoms with Gasteiger partial charge in [0.25, 0.3) is 11.8 Å². The maximum Gasteiger partial charge on any atom is 0.303 e. The molecule has 0 aromatic heterocycles. The van der Waals surface area contributed by atoms with Crippen LogP contribution in [0.4, 0.5) is 5.69 Å². The van der Waals surface area contributed by atoms with Crippen molar-refractivity contribution in [1.29, 1.82) is 0 Å². The lowest BCUT2D eigenvalue weighted by Crippen LogP contribution is -2.53. The summed E-state index contributed by atoms with van der Waals surface area (Å²) in [5.41, 5.74) is 5.02. The largest absolute Gasteiger partial charge is 0.508 e. The van der Waals surface area contributed by atoms with Crippen LogP contribution in [0.25, 0.3) is 0 Å². The standard InChI is InChI=1S/C37H34ClN3O7/c1-20-9-11-22(12-10-20)39-41-34(46)28-19-27-24(15-16-26-31(27)35(47)40(33(26)45)17-5-8-30(43)44)32(25-14-13-23(42)18-29(25)38)37(28,36(41)48)21-6-3-2-4-7-21/h2-4,6-7,9-15,18,26-28,31-32,39,42H,5,8,16-17,19H2,1H3,(H,43,44)/t26-,27+,28-,31-,32+,37+/m0/s1. The van der Waals surface area contributed by atoms with Crippen LogP contribution in [-0.2, 0) is 29.4 Å². The molecule has 3 aromatic rings. The van der Waals surface area contributed by atoms with Gasteiger partial charge < -0.3 is 10.2 Å². The minimum absolute atomic E-state index is 0.00468. The summed E-state index contributed by atoms with van der Waals surface area (Å²) in [5.74, 6) is -6.51. The third-order valence-corrected chi connectivity index (χ3v) is 10.9. The number of carboxylic acids is 1. The molecule has 4 amide bonds. The van der Waals surface area contributed by atoms with E-state index in [-0.39, 0.29) is 54.8 Å². The van der Waals surface area contributed by atoms with E-state index in [1.165, 1.54) is 17.0 Å². The van der Waals surface area contributed by atoms with Crippen LogP contribution in [0.3, 0.4) is 0 Å². The highest BCUT2D eigenvalue weighted by atomic mass is 35.5. The first kappa shape index (κ1) is 31.6. The van der Waals surface area contributed by atoms with Crippen molar-refractivity contribution >= 4 is 46.9 Å². The summed E-state index contributed by atoms with van der Waals surface area (Å²) < 4.78 is 0. The molecule has 6 atom stereocenters. The molecule has 3 N–H and O–H groups in total. The highest BCUT2D eigenvalue weighted by molar-refractivity contribution is 6.31. The number of phenols is 1. The van der Waals surface area contributed by atoms with Crippen LogP contribution in [0.5, 0.6) is 5.75 Å². The van der Waals surface area contributed by atoms with Gasteiger partial charge >= 0.3 is 5.97 Å². The van der Waals surface area contributed by atoms with E-state index in [1.54, 1.807) is 18.2 Å². The van der Waals surface area contributed by atoms with Crippen molar-refractivity contribution in [2.45, 2.75) is 43.9 Å². The number of aliphatic carboxylic acids is 1. The van der Waals surface area contributed by atoms with Gasteiger partial charge in [-0.25, -0.2) is 0 Å². The van der Waals surface area contributed by atoms with Crippen LogP contribution in [0, 0.1) is 30.6 Å². The molecule has 4 aliphatic rings. The Morgan fingerprint density at radius 1 is 0.958 bits per heavy atom. The number of likely N-dealkylation sites (tertiary alicyclic amines) is 1. The zero-order valence-electron chi connectivity index (χ0n) is 26.1. The maximum absolute atomic E-state index is 15.1. The second-order valence-electron chi connectivity index (χ2n) is 13.1. The zero-order valence-corrected chi connectivity index (χ0v) is 26.9. The number of halogens is 1. The number of carboxylic acid groups (broad SMARTS) is 1. The molecule has 3 aromatic carbocycles. The lowest BCUT2D eigenvalue weighted by molar-refractivity contribution is -0.142. The Morgan fingerprint density at radius 2 is 1.69 bits per heavy atom. The second-order valence-corrected chi connectivity index (χ2v) is 13.5. The average Bonchev–Trinajstić information content (AvgIpc) is 3.43. The molecule has 0 spiro atoms. The third-order valence-electron chi connectivity index (χ3n) is 10.6. The number of imide groups is 2. The number of allylic oxidation sites excluding steroid dienone is 2. The Bertz CT molecular complexity index is 1880. The predicted octanol–water partition coefficient (Wildman–Crippen LogP) is 5.20. The molecule has 1 saturated carbocycles. The van der Waals surface area contributed by atoms with E-state index in [4.69, 9.17) is 16.7 Å². The van der Waals surface area contributed by atoms with E-state index < -0.39 is 52.8 Å². The second kappa shape index (κ2) is 11.9. The summed E-state index contributed by atoms with van der Waals surface area (Å²) >= 11 is 6.88. The molecule has 2 aliphatic carbocycles. The smallest absolute Gasteiger partial charge is 0.303 e. The van der Waals surface area contributed by atoms with Gasteiger partial charge in [0.05, 0.1) is 28.9 Å². The molecule has 2 aliphatic heterocycles. The van der Waals surface area contributed by atoms with E-state index in [0.29, 0.717) is 16.8 Å². The summed E-state index contributed by atoms with van der Waals surface area (Å²) in [6, 6.07) is 21.0. The van der Waals surface area contributed by atoms with Gasteiger partial charge in [-0.3, -0.25) is 34.3 Å². The highest BCUT2D eigenvalue weighted by Crippen LogP contribution is 2.64. The van der Waals surface area contributed by atoms with E-state index in [0.717, 1.165) is 16.1 Å². The fourth-order valence-electron chi connectivity index (χ4n) is 8.52. The molecule has 48 heavy (non-hydrogen) atoms. The molecule has 2 heterocycles. The minimum atomic E-state index is -1.47. The van der Waals surface area contributed by atoms with Crippen LogP contribution in [0.2, 0.25) is 5.02 Å². The molecule has 0 radical (unpaired) electrons. The molecule has 3 fully saturated rings. The fraction of sp³-hybridized carbons (Fsp3) is 0.324. The van der Waals surface area contributed by atoms with Crippen molar-refractivity contribution in [2.24, 2.45) is 23.7 Å². The molecule has 10 nitrogen and oxygen atoms in total. The van der Waals surface area contributed by atoms with Gasteiger partial charge in [0, 0.05) is 23.9 Å². The maximum atomic E-state index is 15.1. The SMILES string of the molecule is Cc1ccc(NN2C(=O)[C@@H]3C[C@@H]4C(=CC[C@@H]5C(=O)N(CCCC(=O)O)C(=O)[C@@H]54)[C@H](c4ccc(O)cc4Cl)[C@]3(c3ccccc3)C2=O)cc1. The van der Waals surface area contributed by atoms with Crippen molar-refractivity contribution in [3.05, 3.63) is 106 Å². The number of hydrogen-bond donors (Lipinski definition) is 3. The van der Waals surface area contributed by atoms with Crippen LogP contribution < -0.4 is 5.43 Å². The Hall–Kier alpha value is -4.96. The average molecular weight is 668 g/mol. The van der Waals surface area contributed by atoms with Crippen LogP contribution >= 0.6 is 11.6 Å². The summed E-state index contributed by atoms with van der Waals surface area (Å²) in [6.45, 7) is 1.93. The Kier molecular flexibility index (Phi) is 7.86. The monoisotopic (exact) mass is 667 g/mol. The van der Waals surface area contributed by atoms with Crippen LogP contribution in [0.1, 0.15) is 48.3 Å². The normalized spacial score (nSPS) is 27.8. The number of anilines is 1. The summed E-state index contributed by atoms with van der Waals surface area (Å²) in [4.78, 5) is 69.7. The van der Waals surface area contributed by atoms with E-state index in [9.17, 15) is 24.3 Å². The van der Waals surface area contributed by atoms with Gasteiger partial charge in [-0.1, -0.05) is 77.3 Å². The minimum Gasteiger partial charge on any atom is -0.508 e. The van der Waals surface area contributed by atoms with Crippen molar-refractivity contribution < 1.29 is 34.2 Å². The number of phenolic OH excluding ortho intramolecular Hbond substituents is 1. The number of aryl methyl sites for hydroxylation is 1. The van der Waals surface area contributed by atoms with Crippen molar-refractivity contribution in [3.63, 3.8) is 0 Å². The van der Waals surface area contributed by atoms with Gasteiger partial charge in [-0.15, -0.1) is 0 Å². The number of nitrogens with one attached hydrogen (secondary N) is 1.